The van der Waals surface area contributed by atoms with E-state index < -0.39 is 11.2 Å². The van der Waals surface area contributed by atoms with Crippen molar-refractivity contribution < 1.29 is 10.2 Å². The van der Waals surface area contributed by atoms with E-state index in [1.807, 2.05) is 0 Å². The van der Waals surface area contributed by atoms with Gasteiger partial charge in [-0.25, -0.2) is 4.79 Å². The number of rotatable bonds is 6. The molecule has 1 aromatic rings. The summed E-state index contributed by atoms with van der Waals surface area (Å²) in [5.74, 6) is 0. The lowest BCUT2D eigenvalue weighted by atomic mass is 10.2. The average molecular weight is 256 g/mol. The van der Waals surface area contributed by atoms with Crippen molar-refractivity contribution in [2.75, 3.05) is 26.3 Å². The average Bonchev–Trinajstić information content (AvgIpc) is 2.28. The van der Waals surface area contributed by atoms with Gasteiger partial charge in [-0.3, -0.25) is 14.8 Å². The Morgan fingerprint density at radius 3 is 2.33 bits per heavy atom. The summed E-state index contributed by atoms with van der Waals surface area (Å²) in [5.41, 5.74) is -0.471. The summed E-state index contributed by atoms with van der Waals surface area (Å²) in [6.07, 6.45) is 1.29. The lowest BCUT2D eigenvalue weighted by molar-refractivity contribution is 0.166. The summed E-state index contributed by atoms with van der Waals surface area (Å²) in [7, 11) is 0. The zero-order chi connectivity index (χ0) is 13.5. The molecule has 0 aromatic carbocycles. The molecular weight excluding hydrogens is 240 g/mol. The molecule has 0 radical (unpaired) electrons. The summed E-state index contributed by atoms with van der Waals surface area (Å²) < 4.78 is 0. The Morgan fingerprint density at radius 2 is 1.83 bits per heavy atom. The van der Waals surface area contributed by atoms with Gasteiger partial charge in [-0.2, -0.15) is 5.10 Å². The van der Waals surface area contributed by atoms with Gasteiger partial charge in [-0.1, -0.05) is 0 Å². The van der Waals surface area contributed by atoms with Crippen LogP contribution < -0.4 is 11.2 Å². The van der Waals surface area contributed by atoms with Gasteiger partial charge in [0.25, 0.3) is 5.56 Å². The van der Waals surface area contributed by atoms with Gasteiger partial charge in [0.15, 0.2) is 0 Å². The standard InChI is InChI=1S/C10H16N4O4/c1-7-8(9(17)13-10(18)12-7)6-11-14(2-4-15)3-5-16/h6,15-16H,2-5H2,1H3,(H2,12,13,17,18)/b11-6+. The van der Waals surface area contributed by atoms with Gasteiger partial charge in [0, 0.05) is 5.69 Å². The minimum atomic E-state index is -0.572. The Labute approximate surface area is 103 Å². The van der Waals surface area contributed by atoms with Gasteiger partial charge in [0.05, 0.1) is 38.1 Å². The molecule has 0 spiro atoms. The minimum absolute atomic E-state index is 0.113. The highest BCUT2D eigenvalue weighted by Gasteiger charge is 2.04. The van der Waals surface area contributed by atoms with Gasteiger partial charge in [-0.15, -0.1) is 0 Å². The fraction of sp³-hybridized carbons (Fsp3) is 0.500. The first-order valence-electron chi connectivity index (χ1n) is 5.42. The van der Waals surface area contributed by atoms with E-state index in [0.717, 1.165) is 0 Å². The maximum absolute atomic E-state index is 11.5. The molecule has 8 heteroatoms. The highest BCUT2D eigenvalue weighted by atomic mass is 16.3. The summed E-state index contributed by atoms with van der Waals surface area (Å²) in [6, 6.07) is 0. The highest BCUT2D eigenvalue weighted by Crippen LogP contribution is 1.93. The van der Waals surface area contributed by atoms with Crippen molar-refractivity contribution >= 4 is 6.21 Å². The number of aryl methyl sites for hydroxylation is 1. The lowest BCUT2D eigenvalue weighted by Gasteiger charge is -2.15. The van der Waals surface area contributed by atoms with E-state index in [1.165, 1.54) is 11.2 Å². The smallest absolute Gasteiger partial charge is 0.325 e. The summed E-state index contributed by atoms with van der Waals surface area (Å²) in [5, 5.41) is 23.0. The summed E-state index contributed by atoms with van der Waals surface area (Å²) >= 11 is 0. The third-order valence-electron chi connectivity index (χ3n) is 2.24. The third-order valence-corrected chi connectivity index (χ3v) is 2.24. The molecule has 0 aliphatic carbocycles. The number of hydrogen-bond donors (Lipinski definition) is 4. The molecule has 0 bridgehead atoms. The number of aromatic amines is 2. The zero-order valence-electron chi connectivity index (χ0n) is 10.0. The molecule has 0 aliphatic rings. The number of aromatic nitrogens is 2. The molecule has 1 heterocycles. The van der Waals surface area contributed by atoms with Crippen LogP contribution in [0, 0.1) is 6.92 Å². The largest absolute Gasteiger partial charge is 0.394 e. The number of aliphatic hydroxyl groups excluding tert-OH is 2. The second-order valence-corrected chi connectivity index (χ2v) is 3.59. The molecule has 0 unspecified atom stereocenters. The first-order chi connectivity index (χ1) is 8.58. The van der Waals surface area contributed by atoms with Crippen LogP contribution in [0.25, 0.3) is 0 Å². The number of nitrogens with one attached hydrogen (secondary N) is 2. The van der Waals surface area contributed by atoms with Gasteiger partial charge < -0.3 is 15.2 Å². The molecule has 4 N–H and O–H groups in total. The van der Waals surface area contributed by atoms with Crippen LogP contribution in [0.4, 0.5) is 0 Å². The molecule has 1 aromatic heterocycles. The molecule has 8 nitrogen and oxygen atoms in total. The monoisotopic (exact) mass is 256 g/mol. The van der Waals surface area contributed by atoms with Gasteiger partial charge in [0.2, 0.25) is 0 Å². The Hall–Kier alpha value is -1.93. The van der Waals surface area contributed by atoms with Gasteiger partial charge in [0.1, 0.15) is 0 Å². The van der Waals surface area contributed by atoms with Crippen LogP contribution in [-0.4, -0.2) is 57.7 Å². The maximum Gasteiger partial charge on any atom is 0.325 e. The first-order valence-corrected chi connectivity index (χ1v) is 5.42. The summed E-state index contributed by atoms with van der Waals surface area (Å²) in [4.78, 5) is 27.0. The van der Waals surface area contributed by atoms with Crippen molar-refractivity contribution in [1.29, 1.82) is 0 Å². The second-order valence-electron chi connectivity index (χ2n) is 3.59. The SMILES string of the molecule is Cc1[nH]c(=O)[nH]c(=O)c1/C=N/N(CCO)CCO. The number of nitrogens with zero attached hydrogens (tertiary/aromatic N) is 2. The number of H-pyrrole nitrogens is 2. The topological polar surface area (TPSA) is 122 Å². The summed E-state index contributed by atoms with van der Waals surface area (Å²) in [6.45, 7) is 1.85. The predicted molar refractivity (Wildman–Crippen MR) is 65.8 cm³/mol. The molecule has 0 amide bonds. The molecule has 18 heavy (non-hydrogen) atoms. The van der Waals surface area contributed by atoms with E-state index in [1.54, 1.807) is 6.92 Å². The molecule has 0 aliphatic heterocycles. The van der Waals surface area contributed by atoms with Crippen LogP contribution in [0.15, 0.2) is 14.7 Å². The van der Waals surface area contributed by atoms with E-state index in [9.17, 15) is 9.59 Å². The molecular formula is C10H16N4O4. The van der Waals surface area contributed by atoms with Crippen LogP contribution in [0.5, 0.6) is 0 Å². The van der Waals surface area contributed by atoms with E-state index >= 15 is 0 Å². The first kappa shape index (κ1) is 14.1. The lowest BCUT2D eigenvalue weighted by Crippen LogP contribution is -2.28. The highest BCUT2D eigenvalue weighted by molar-refractivity contribution is 5.79. The van der Waals surface area contributed by atoms with Gasteiger partial charge in [-0.05, 0) is 6.92 Å². The van der Waals surface area contributed by atoms with E-state index in [4.69, 9.17) is 10.2 Å². The van der Waals surface area contributed by atoms with E-state index in [0.29, 0.717) is 5.69 Å². The third kappa shape index (κ3) is 3.82. The number of hydrogen-bond acceptors (Lipinski definition) is 6. The Bertz CT molecular complexity index is 513. The minimum Gasteiger partial charge on any atom is -0.394 e. The second kappa shape index (κ2) is 6.72. The predicted octanol–water partition coefficient (Wildman–Crippen LogP) is -2.01. The molecule has 0 saturated heterocycles. The fourth-order valence-corrected chi connectivity index (χ4v) is 1.36. The van der Waals surface area contributed by atoms with Gasteiger partial charge >= 0.3 is 5.69 Å². The fourth-order valence-electron chi connectivity index (χ4n) is 1.36. The Balaban J connectivity index is 2.95. The maximum atomic E-state index is 11.5. The quantitative estimate of drug-likeness (QED) is 0.346. The van der Waals surface area contributed by atoms with Crippen molar-refractivity contribution in [2.45, 2.75) is 6.92 Å². The zero-order valence-corrected chi connectivity index (χ0v) is 10.0. The van der Waals surface area contributed by atoms with Crippen molar-refractivity contribution in [3.05, 3.63) is 32.1 Å². The van der Waals surface area contributed by atoms with Crippen LogP contribution in [0.1, 0.15) is 11.3 Å². The van der Waals surface area contributed by atoms with Crippen LogP contribution in [-0.2, 0) is 0 Å². The van der Waals surface area contributed by atoms with E-state index in [-0.39, 0.29) is 31.9 Å². The molecule has 0 atom stereocenters. The van der Waals surface area contributed by atoms with Crippen molar-refractivity contribution in [1.82, 2.24) is 15.0 Å². The number of hydrazone groups is 1. The Kier molecular flexibility index (Phi) is 5.28. The van der Waals surface area contributed by atoms with E-state index in [2.05, 4.69) is 15.1 Å². The molecule has 1 rings (SSSR count). The van der Waals surface area contributed by atoms with Crippen molar-refractivity contribution in [3.8, 4) is 0 Å². The van der Waals surface area contributed by atoms with Crippen molar-refractivity contribution in [3.63, 3.8) is 0 Å². The van der Waals surface area contributed by atoms with Crippen LogP contribution in [0.2, 0.25) is 0 Å². The van der Waals surface area contributed by atoms with Crippen LogP contribution >= 0.6 is 0 Å². The van der Waals surface area contributed by atoms with Crippen LogP contribution in [0.3, 0.4) is 0 Å². The molecule has 0 fully saturated rings. The Morgan fingerprint density at radius 1 is 1.22 bits per heavy atom. The molecule has 100 valence electrons. The van der Waals surface area contributed by atoms with Crippen molar-refractivity contribution in [2.24, 2.45) is 5.10 Å². The molecule has 0 saturated carbocycles. The number of aliphatic hydroxyl groups is 2. The normalized spacial score (nSPS) is 11.1.